The normalized spacial score (nSPS) is 17.8. The number of furan rings is 1. The van der Waals surface area contributed by atoms with Gasteiger partial charge in [-0.1, -0.05) is 6.42 Å². The smallest absolute Gasteiger partial charge is 0.266 e. The average Bonchev–Trinajstić information content (AvgIpc) is 3.01. The van der Waals surface area contributed by atoms with Crippen LogP contribution in [0.3, 0.4) is 0 Å². The zero-order valence-corrected chi connectivity index (χ0v) is 15.0. The van der Waals surface area contributed by atoms with E-state index >= 15 is 0 Å². The Hall–Kier alpha value is -1.54. The minimum absolute atomic E-state index is 0.0856. The van der Waals surface area contributed by atoms with Gasteiger partial charge in [0.2, 0.25) is 0 Å². The quantitative estimate of drug-likeness (QED) is 0.241. The molecule has 0 radical (unpaired) electrons. The summed E-state index contributed by atoms with van der Waals surface area (Å²) in [5.74, 6) is 3.60. The molecule has 24 heavy (non-hydrogen) atoms. The maximum absolute atomic E-state index is 10.6. The number of likely N-dealkylation sites (tertiary alicyclic amines) is 1. The Morgan fingerprint density at radius 3 is 2.83 bits per heavy atom. The Morgan fingerprint density at radius 2 is 2.12 bits per heavy atom. The van der Waals surface area contributed by atoms with Crippen molar-refractivity contribution in [1.82, 2.24) is 4.90 Å². The van der Waals surface area contributed by atoms with E-state index in [1.54, 1.807) is 11.8 Å². The highest BCUT2D eigenvalue weighted by atomic mass is 32.2. The fraction of sp³-hybridized carbons (Fsp3) is 0.688. The van der Waals surface area contributed by atoms with Crippen LogP contribution >= 0.6 is 11.8 Å². The van der Waals surface area contributed by atoms with Gasteiger partial charge >= 0.3 is 0 Å². The van der Waals surface area contributed by atoms with E-state index in [0.29, 0.717) is 6.54 Å². The van der Waals surface area contributed by atoms with Gasteiger partial charge in [-0.15, -0.1) is 0 Å². The summed E-state index contributed by atoms with van der Waals surface area (Å²) in [6, 6.07) is 3.16. The van der Waals surface area contributed by atoms with Crippen LogP contribution in [0.1, 0.15) is 37.7 Å². The Labute approximate surface area is 146 Å². The lowest BCUT2D eigenvalue weighted by atomic mass is 10.1. The Bertz CT molecular complexity index is 555. The minimum atomic E-state index is -0.919. The van der Waals surface area contributed by atoms with Crippen molar-refractivity contribution >= 4 is 17.6 Å². The van der Waals surface area contributed by atoms with Crippen LogP contribution in [0.25, 0.3) is 0 Å². The highest BCUT2D eigenvalue weighted by Gasteiger charge is 2.17. The molecule has 1 aromatic rings. The summed E-state index contributed by atoms with van der Waals surface area (Å²) in [5, 5.41) is 10.6. The van der Waals surface area contributed by atoms with Crippen molar-refractivity contribution in [2.45, 2.75) is 44.5 Å². The van der Waals surface area contributed by atoms with Crippen LogP contribution in [0.15, 0.2) is 21.5 Å². The lowest BCUT2D eigenvalue weighted by Crippen LogP contribution is -2.33. The van der Waals surface area contributed by atoms with E-state index in [1.807, 2.05) is 6.07 Å². The molecule has 7 nitrogen and oxygen atoms in total. The lowest BCUT2D eigenvalue weighted by Gasteiger charge is -2.25. The third-order valence-corrected chi connectivity index (χ3v) is 5.02. The van der Waals surface area contributed by atoms with Crippen LogP contribution in [0, 0.1) is 10.1 Å². The number of hydrogen-bond donors (Lipinski definition) is 1. The van der Waals surface area contributed by atoms with E-state index in [1.165, 1.54) is 26.2 Å². The van der Waals surface area contributed by atoms with Gasteiger partial charge in [-0.3, -0.25) is 20.0 Å². The van der Waals surface area contributed by atoms with E-state index in [-0.39, 0.29) is 5.84 Å². The molecule has 0 amide bonds. The fourth-order valence-corrected chi connectivity index (χ4v) is 3.30. The first-order valence-corrected chi connectivity index (χ1v) is 9.52. The standard InChI is InChI=1S/C16H26N4O3S/c1-13(20(21)22)16(17)18-7-10-24-12-15-6-5-14(23-15)11-19-8-3-2-4-9-19/h5-6,13H,2-4,7-12H2,1H3,(H2,17,18). The monoisotopic (exact) mass is 354 g/mol. The lowest BCUT2D eigenvalue weighted by molar-refractivity contribution is -0.498. The van der Waals surface area contributed by atoms with Crippen LogP contribution < -0.4 is 5.73 Å². The van der Waals surface area contributed by atoms with Crippen molar-refractivity contribution in [3.63, 3.8) is 0 Å². The molecule has 0 aliphatic carbocycles. The van der Waals surface area contributed by atoms with E-state index in [0.717, 1.165) is 42.7 Å². The first kappa shape index (κ1) is 18.8. The second kappa shape index (κ2) is 9.68. The molecule has 0 bridgehead atoms. The molecule has 0 spiro atoms. The van der Waals surface area contributed by atoms with Gasteiger partial charge in [-0.05, 0) is 38.1 Å². The van der Waals surface area contributed by atoms with Crippen molar-refractivity contribution in [1.29, 1.82) is 0 Å². The zero-order chi connectivity index (χ0) is 17.4. The highest BCUT2D eigenvalue weighted by Crippen LogP contribution is 2.18. The molecule has 1 unspecified atom stereocenters. The summed E-state index contributed by atoms with van der Waals surface area (Å²) < 4.78 is 5.87. The zero-order valence-electron chi connectivity index (χ0n) is 14.1. The van der Waals surface area contributed by atoms with Gasteiger partial charge in [0.05, 0.1) is 18.8 Å². The number of piperidine rings is 1. The predicted molar refractivity (Wildman–Crippen MR) is 96.9 cm³/mol. The van der Waals surface area contributed by atoms with Crippen molar-refractivity contribution in [2.24, 2.45) is 10.7 Å². The molecule has 1 fully saturated rings. The molecule has 2 N–H and O–H groups in total. The van der Waals surface area contributed by atoms with Crippen molar-refractivity contribution < 1.29 is 9.34 Å². The largest absolute Gasteiger partial charge is 0.464 e. The molecule has 134 valence electrons. The first-order valence-electron chi connectivity index (χ1n) is 8.37. The predicted octanol–water partition coefficient (Wildman–Crippen LogP) is 2.52. The second-order valence-corrected chi connectivity index (χ2v) is 7.13. The maximum Gasteiger partial charge on any atom is 0.266 e. The Balaban J connectivity index is 1.66. The van der Waals surface area contributed by atoms with Crippen molar-refractivity contribution in [3.05, 3.63) is 33.8 Å². The molecule has 1 aliphatic rings. The second-order valence-electron chi connectivity index (χ2n) is 6.03. The van der Waals surface area contributed by atoms with Gasteiger partial charge in [0.1, 0.15) is 11.5 Å². The Morgan fingerprint density at radius 1 is 1.42 bits per heavy atom. The van der Waals surface area contributed by atoms with E-state index in [4.69, 9.17) is 10.2 Å². The summed E-state index contributed by atoms with van der Waals surface area (Å²) in [6.45, 7) is 5.14. The average molecular weight is 354 g/mol. The molecule has 1 atom stereocenters. The molecule has 1 aromatic heterocycles. The molecular weight excluding hydrogens is 328 g/mol. The molecule has 0 saturated carbocycles. The van der Waals surface area contributed by atoms with E-state index < -0.39 is 11.0 Å². The third-order valence-electron chi connectivity index (χ3n) is 4.06. The van der Waals surface area contributed by atoms with Gasteiger partial charge in [0.15, 0.2) is 5.84 Å². The molecular formula is C16H26N4O3S. The summed E-state index contributed by atoms with van der Waals surface area (Å²) in [6.07, 6.45) is 3.90. The van der Waals surface area contributed by atoms with E-state index in [9.17, 15) is 10.1 Å². The number of hydrogen-bond acceptors (Lipinski definition) is 6. The van der Waals surface area contributed by atoms with Gasteiger partial charge in [-0.2, -0.15) is 11.8 Å². The van der Waals surface area contributed by atoms with Crippen LogP contribution in [-0.2, 0) is 12.3 Å². The number of nitrogens with zero attached hydrogens (tertiary/aromatic N) is 3. The van der Waals surface area contributed by atoms with Crippen LogP contribution in [0.4, 0.5) is 0 Å². The van der Waals surface area contributed by atoms with Crippen molar-refractivity contribution in [2.75, 3.05) is 25.4 Å². The van der Waals surface area contributed by atoms with Gasteiger partial charge in [0.25, 0.3) is 6.04 Å². The number of nitro groups is 1. The Kier molecular flexibility index (Phi) is 7.58. The molecule has 2 heterocycles. The maximum atomic E-state index is 10.6. The topological polar surface area (TPSA) is 97.9 Å². The first-order chi connectivity index (χ1) is 11.6. The number of nitrogens with two attached hydrogens (primary N) is 1. The molecule has 2 rings (SSSR count). The molecule has 8 heteroatoms. The van der Waals surface area contributed by atoms with Crippen LogP contribution in [0.5, 0.6) is 0 Å². The summed E-state index contributed by atoms with van der Waals surface area (Å²) in [5.41, 5.74) is 5.58. The van der Waals surface area contributed by atoms with Crippen LogP contribution in [-0.4, -0.2) is 47.1 Å². The number of thioether (sulfide) groups is 1. The minimum Gasteiger partial charge on any atom is -0.464 e. The number of amidine groups is 1. The summed E-state index contributed by atoms with van der Waals surface area (Å²) in [4.78, 5) is 16.6. The van der Waals surface area contributed by atoms with Gasteiger partial charge < -0.3 is 10.2 Å². The van der Waals surface area contributed by atoms with Crippen molar-refractivity contribution in [3.8, 4) is 0 Å². The highest BCUT2D eigenvalue weighted by molar-refractivity contribution is 7.98. The fourth-order valence-electron chi connectivity index (χ4n) is 2.57. The molecule has 0 aromatic carbocycles. The van der Waals surface area contributed by atoms with Gasteiger partial charge in [-0.25, -0.2) is 0 Å². The van der Waals surface area contributed by atoms with E-state index in [2.05, 4.69) is 16.0 Å². The summed E-state index contributed by atoms with van der Waals surface area (Å²) >= 11 is 1.69. The van der Waals surface area contributed by atoms with Crippen LogP contribution in [0.2, 0.25) is 0 Å². The number of aliphatic imine (C=N–C) groups is 1. The molecule has 1 aliphatic heterocycles. The SMILES string of the molecule is CC(C(N)=NCCSCc1ccc(CN2CCCCC2)o1)[N+](=O)[O-]. The number of rotatable bonds is 9. The molecule has 1 saturated heterocycles. The van der Waals surface area contributed by atoms with Gasteiger partial charge in [0, 0.05) is 17.6 Å². The summed E-state index contributed by atoms with van der Waals surface area (Å²) in [7, 11) is 0. The third kappa shape index (κ3) is 6.16.